The molecule has 0 radical (unpaired) electrons. The molecule has 5 heteroatoms. The van der Waals surface area contributed by atoms with Crippen LogP contribution in [0.3, 0.4) is 0 Å². The molecule has 2 N–H and O–H groups in total. The standard InChI is InChI=1S/C12H16N2O2S/c1-2-9-13-3-8(17-9)10(16)14-12-4-11(5-12,6-12)7-15/h3,15H,2,4-7H2,1H3,(H,14,16). The Morgan fingerprint density at radius 1 is 1.59 bits per heavy atom. The molecular formula is C12H16N2O2S. The molecule has 3 aliphatic carbocycles. The summed E-state index contributed by atoms with van der Waals surface area (Å²) in [5.41, 5.74) is 0.117. The number of nitrogens with one attached hydrogen (secondary N) is 1. The van der Waals surface area contributed by atoms with Crippen molar-refractivity contribution in [2.45, 2.75) is 38.1 Å². The Bertz CT molecular complexity index is 449. The molecule has 2 bridgehead atoms. The van der Waals surface area contributed by atoms with Crippen LogP contribution in [0.4, 0.5) is 0 Å². The maximum atomic E-state index is 12.0. The highest BCUT2D eigenvalue weighted by Crippen LogP contribution is 2.66. The van der Waals surface area contributed by atoms with Gasteiger partial charge in [-0.15, -0.1) is 11.3 Å². The van der Waals surface area contributed by atoms with Crippen molar-refractivity contribution in [1.29, 1.82) is 0 Å². The van der Waals surface area contributed by atoms with Crippen molar-refractivity contribution in [2.75, 3.05) is 6.61 Å². The van der Waals surface area contributed by atoms with E-state index in [1.807, 2.05) is 6.92 Å². The first kappa shape index (κ1) is 11.2. The van der Waals surface area contributed by atoms with E-state index in [-0.39, 0.29) is 23.5 Å². The van der Waals surface area contributed by atoms with Crippen LogP contribution in [-0.4, -0.2) is 28.1 Å². The summed E-state index contributed by atoms with van der Waals surface area (Å²) in [7, 11) is 0. The maximum Gasteiger partial charge on any atom is 0.263 e. The molecule has 0 aromatic carbocycles. The summed E-state index contributed by atoms with van der Waals surface area (Å²) in [6.07, 6.45) is 5.33. The van der Waals surface area contributed by atoms with Crippen LogP contribution in [0.2, 0.25) is 0 Å². The van der Waals surface area contributed by atoms with Crippen molar-refractivity contribution in [1.82, 2.24) is 10.3 Å². The number of aromatic nitrogens is 1. The van der Waals surface area contributed by atoms with Crippen molar-refractivity contribution in [3.8, 4) is 0 Å². The molecular weight excluding hydrogens is 236 g/mol. The first-order valence-electron chi connectivity index (χ1n) is 5.98. The van der Waals surface area contributed by atoms with Gasteiger partial charge < -0.3 is 10.4 Å². The Hall–Kier alpha value is -0.940. The van der Waals surface area contributed by atoms with Gasteiger partial charge in [-0.1, -0.05) is 6.92 Å². The van der Waals surface area contributed by atoms with Crippen LogP contribution in [-0.2, 0) is 6.42 Å². The number of aliphatic hydroxyl groups is 1. The highest BCUT2D eigenvalue weighted by molar-refractivity contribution is 7.13. The average Bonchev–Trinajstić information content (AvgIpc) is 2.69. The summed E-state index contributed by atoms with van der Waals surface area (Å²) < 4.78 is 0. The van der Waals surface area contributed by atoms with Gasteiger partial charge >= 0.3 is 0 Å². The van der Waals surface area contributed by atoms with Gasteiger partial charge in [0.2, 0.25) is 0 Å². The van der Waals surface area contributed by atoms with E-state index in [0.29, 0.717) is 4.88 Å². The van der Waals surface area contributed by atoms with Gasteiger partial charge in [-0.2, -0.15) is 0 Å². The summed E-state index contributed by atoms with van der Waals surface area (Å²) in [6.45, 7) is 2.29. The van der Waals surface area contributed by atoms with Crippen LogP contribution in [0.5, 0.6) is 0 Å². The minimum Gasteiger partial charge on any atom is -0.396 e. The number of aliphatic hydroxyl groups excluding tert-OH is 1. The summed E-state index contributed by atoms with van der Waals surface area (Å²) in [6, 6.07) is 0. The second-order valence-electron chi connectivity index (χ2n) is 5.39. The van der Waals surface area contributed by atoms with Gasteiger partial charge in [0.05, 0.1) is 11.2 Å². The largest absolute Gasteiger partial charge is 0.396 e. The van der Waals surface area contributed by atoms with E-state index >= 15 is 0 Å². The molecule has 1 aromatic heterocycles. The number of amides is 1. The molecule has 17 heavy (non-hydrogen) atoms. The van der Waals surface area contributed by atoms with E-state index in [4.69, 9.17) is 5.11 Å². The Labute approximate surface area is 104 Å². The monoisotopic (exact) mass is 252 g/mol. The zero-order valence-corrected chi connectivity index (χ0v) is 10.6. The van der Waals surface area contributed by atoms with Gasteiger partial charge in [0.1, 0.15) is 4.88 Å². The smallest absolute Gasteiger partial charge is 0.263 e. The predicted octanol–water partition coefficient (Wildman–Crippen LogP) is 1.35. The van der Waals surface area contributed by atoms with Crippen molar-refractivity contribution in [2.24, 2.45) is 5.41 Å². The third-order valence-electron chi connectivity index (χ3n) is 3.93. The van der Waals surface area contributed by atoms with Gasteiger partial charge in [0, 0.05) is 17.6 Å². The Kier molecular flexibility index (Phi) is 2.32. The predicted molar refractivity (Wildman–Crippen MR) is 65.1 cm³/mol. The highest BCUT2D eigenvalue weighted by atomic mass is 32.1. The van der Waals surface area contributed by atoms with Gasteiger partial charge in [0.15, 0.2) is 0 Å². The fraction of sp³-hybridized carbons (Fsp3) is 0.667. The Balaban J connectivity index is 1.62. The molecule has 3 saturated carbocycles. The molecule has 4 rings (SSSR count). The fourth-order valence-electron chi connectivity index (χ4n) is 3.18. The Morgan fingerprint density at radius 3 is 2.82 bits per heavy atom. The molecule has 3 aliphatic rings. The van der Waals surface area contributed by atoms with Crippen molar-refractivity contribution in [3.05, 3.63) is 16.1 Å². The summed E-state index contributed by atoms with van der Waals surface area (Å²) in [5.74, 6) is -0.00607. The minimum atomic E-state index is -0.0177. The van der Waals surface area contributed by atoms with Crippen LogP contribution in [0.15, 0.2) is 6.20 Å². The molecule has 3 fully saturated rings. The minimum absolute atomic E-state index is 0.00607. The first-order chi connectivity index (χ1) is 8.10. The van der Waals surface area contributed by atoms with Crippen molar-refractivity contribution in [3.63, 3.8) is 0 Å². The molecule has 0 unspecified atom stereocenters. The van der Waals surface area contributed by atoms with Crippen molar-refractivity contribution < 1.29 is 9.90 Å². The molecule has 0 saturated heterocycles. The zero-order chi connectivity index (χ0) is 12.1. The van der Waals surface area contributed by atoms with Crippen LogP contribution in [0.25, 0.3) is 0 Å². The number of rotatable bonds is 4. The third kappa shape index (κ3) is 1.60. The Morgan fingerprint density at radius 2 is 2.29 bits per heavy atom. The van der Waals surface area contributed by atoms with Crippen LogP contribution in [0.1, 0.15) is 40.9 Å². The number of hydrogen-bond donors (Lipinski definition) is 2. The lowest BCUT2D eigenvalue weighted by atomic mass is 9.39. The number of carbonyl (C=O) groups excluding carboxylic acids is 1. The third-order valence-corrected chi connectivity index (χ3v) is 5.07. The maximum absolute atomic E-state index is 12.0. The lowest BCUT2D eigenvalue weighted by Gasteiger charge is -2.70. The highest BCUT2D eigenvalue weighted by Gasteiger charge is 2.68. The van der Waals surface area contributed by atoms with Gasteiger partial charge in [-0.25, -0.2) is 4.98 Å². The summed E-state index contributed by atoms with van der Waals surface area (Å²) in [4.78, 5) is 16.9. The normalized spacial score (nSPS) is 33.8. The van der Waals surface area contributed by atoms with E-state index in [0.717, 1.165) is 30.7 Å². The first-order valence-corrected chi connectivity index (χ1v) is 6.80. The average molecular weight is 252 g/mol. The van der Waals surface area contributed by atoms with Crippen LogP contribution >= 0.6 is 11.3 Å². The van der Waals surface area contributed by atoms with E-state index < -0.39 is 0 Å². The zero-order valence-electron chi connectivity index (χ0n) is 9.82. The molecule has 0 aliphatic heterocycles. The summed E-state index contributed by atoms with van der Waals surface area (Å²) >= 11 is 1.47. The number of thiazole rings is 1. The van der Waals surface area contributed by atoms with E-state index in [1.54, 1.807) is 6.20 Å². The molecule has 0 atom stereocenters. The van der Waals surface area contributed by atoms with Crippen molar-refractivity contribution >= 4 is 17.2 Å². The number of carbonyl (C=O) groups is 1. The molecule has 1 aromatic rings. The van der Waals surface area contributed by atoms with E-state index in [2.05, 4.69) is 10.3 Å². The topological polar surface area (TPSA) is 62.2 Å². The lowest BCUT2D eigenvalue weighted by Crippen LogP contribution is -2.75. The number of hydrogen-bond acceptors (Lipinski definition) is 4. The second kappa shape index (κ2) is 3.53. The quantitative estimate of drug-likeness (QED) is 0.850. The molecule has 0 spiro atoms. The lowest BCUT2D eigenvalue weighted by molar-refractivity contribution is -0.172. The molecule has 1 heterocycles. The second-order valence-corrected chi connectivity index (χ2v) is 6.51. The SMILES string of the molecule is CCc1ncc(C(=O)NC23CC(CO)(C2)C3)s1. The van der Waals surface area contributed by atoms with Gasteiger partial charge in [-0.05, 0) is 25.7 Å². The van der Waals surface area contributed by atoms with E-state index in [1.165, 1.54) is 11.3 Å². The molecule has 4 nitrogen and oxygen atoms in total. The van der Waals surface area contributed by atoms with Crippen LogP contribution < -0.4 is 5.32 Å². The number of nitrogens with zero attached hydrogens (tertiary/aromatic N) is 1. The molecule has 1 amide bonds. The van der Waals surface area contributed by atoms with Gasteiger partial charge in [0.25, 0.3) is 5.91 Å². The van der Waals surface area contributed by atoms with Crippen LogP contribution in [0, 0.1) is 5.41 Å². The number of aryl methyl sites for hydroxylation is 1. The van der Waals surface area contributed by atoms with E-state index in [9.17, 15) is 4.79 Å². The molecule has 92 valence electrons. The fourth-order valence-corrected chi connectivity index (χ4v) is 3.93. The van der Waals surface area contributed by atoms with Gasteiger partial charge in [-0.3, -0.25) is 4.79 Å². The summed E-state index contributed by atoms with van der Waals surface area (Å²) in [5, 5.41) is 13.3.